The van der Waals surface area contributed by atoms with Crippen LogP contribution in [0.5, 0.6) is 11.5 Å². The van der Waals surface area contributed by atoms with Gasteiger partial charge in [0.25, 0.3) is 11.5 Å². The standard InChI is InChI=1S/C24H20N4O3/c1-2-28-24(30)21-14-7-6-13-20(21)22(27-28)23(29)26-25-16-17-9-8-12-19(15-17)31-18-10-4-3-5-11-18/h3-16H,2H2,1H3,(H,26,29)/b25-16-. The first kappa shape index (κ1) is 20.0. The molecule has 0 spiro atoms. The lowest BCUT2D eigenvalue weighted by Crippen LogP contribution is -2.28. The molecule has 4 rings (SSSR count). The van der Waals surface area contributed by atoms with Crippen LogP contribution in [0.4, 0.5) is 0 Å². The van der Waals surface area contributed by atoms with E-state index in [0.29, 0.717) is 23.1 Å². The Hall–Kier alpha value is -4.26. The molecule has 0 aliphatic heterocycles. The smallest absolute Gasteiger partial charge is 0.292 e. The largest absolute Gasteiger partial charge is 0.457 e. The molecule has 0 aliphatic carbocycles. The predicted octanol–water partition coefficient (Wildman–Crippen LogP) is 3.97. The first-order chi connectivity index (χ1) is 15.2. The van der Waals surface area contributed by atoms with E-state index in [2.05, 4.69) is 15.6 Å². The minimum atomic E-state index is -0.494. The van der Waals surface area contributed by atoms with Gasteiger partial charge in [-0.2, -0.15) is 10.2 Å². The van der Waals surface area contributed by atoms with E-state index in [0.717, 1.165) is 11.3 Å². The van der Waals surface area contributed by atoms with Crippen molar-refractivity contribution in [1.29, 1.82) is 0 Å². The fourth-order valence-electron chi connectivity index (χ4n) is 3.12. The van der Waals surface area contributed by atoms with Crippen LogP contribution in [0.3, 0.4) is 0 Å². The lowest BCUT2D eigenvalue weighted by atomic mass is 10.1. The highest BCUT2D eigenvalue weighted by Gasteiger charge is 2.15. The van der Waals surface area contributed by atoms with Gasteiger partial charge < -0.3 is 4.74 Å². The topological polar surface area (TPSA) is 85.6 Å². The highest BCUT2D eigenvalue weighted by atomic mass is 16.5. The van der Waals surface area contributed by atoms with Gasteiger partial charge in [-0.05, 0) is 42.8 Å². The number of aromatic nitrogens is 2. The minimum Gasteiger partial charge on any atom is -0.457 e. The molecule has 0 saturated carbocycles. The Bertz CT molecular complexity index is 1310. The molecule has 1 amide bonds. The SMILES string of the molecule is CCn1nc(C(=O)N/N=C\c2cccc(Oc3ccccc3)c2)c2ccccc2c1=O. The summed E-state index contributed by atoms with van der Waals surface area (Å²) in [7, 11) is 0. The van der Waals surface area contributed by atoms with Crippen LogP contribution in [0.2, 0.25) is 0 Å². The molecule has 31 heavy (non-hydrogen) atoms. The second-order valence-electron chi connectivity index (χ2n) is 6.70. The average molecular weight is 412 g/mol. The molecule has 1 aromatic heterocycles. The van der Waals surface area contributed by atoms with E-state index in [1.165, 1.54) is 10.9 Å². The quantitative estimate of drug-likeness (QED) is 0.384. The zero-order chi connectivity index (χ0) is 21.6. The summed E-state index contributed by atoms with van der Waals surface area (Å²) in [5.41, 5.74) is 3.17. The number of amides is 1. The van der Waals surface area contributed by atoms with Crippen molar-refractivity contribution in [1.82, 2.24) is 15.2 Å². The molecule has 154 valence electrons. The molecular formula is C24H20N4O3. The number of ether oxygens (including phenoxy) is 1. The molecular weight excluding hydrogens is 392 g/mol. The van der Waals surface area contributed by atoms with Gasteiger partial charge in [-0.15, -0.1) is 0 Å². The lowest BCUT2D eigenvalue weighted by Gasteiger charge is -2.08. The van der Waals surface area contributed by atoms with Crippen molar-refractivity contribution in [3.05, 3.63) is 100 Å². The van der Waals surface area contributed by atoms with Crippen LogP contribution in [0, 0.1) is 0 Å². The number of hydrogen-bond donors (Lipinski definition) is 1. The fraction of sp³-hybridized carbons (Fsp3) is 0.0833. The van der Waals surface area contributed by atoms with E-state index in [4.69, 9.17) is 4.74 Å². The van der Waals surface area contributed by atoms with Crippen LogP contribution in [-0.2, 0) is 6.54 Å². The summed E-state index contributed by atoms with van der Waals surface area (Å²) in [6.07, 6.45) is 1.52. The maximum atomic E-state index is 12.7. The van der Waals surface area contributed by atoms with Gasteiger partial charge in [0.05, 0.1) is 11.6 Å². The number of fused-ring (bicyclic) bond motifs is 1. The molecule has 0 fully saturated rings. The number of benzene rings is 3. The van der Waals surface area contributed by atoms with Gasteiger partial charge in [-0.3, -0.25) is 9.59 Å². The second kappa shape index (κ2) is 9.04. The number of hydrazone groups is 1. The molecule has 7 nitrogen and oxygen atoms in total. The van der Waals surface area contributed by atoms with Gasteiger partial charge in [-0.25, -0.2) is 10.1 Å². The van der Waals surface area contributed by atoms with Crippen molar-refractivity contribution in [2.75, 3.05) is 0 Å². The maximum Gasteiger partial charge on any atom is 0.292 e. The number of rotatable bonds is 6. The van der Waals surface area contributed by atoms with E-state index in [1.807, 2.05) is 54.6 Å². The summed E-state index contributed by atoms with van der Waals surface area (Å²) in [4.78, 5) is 25.1. The highest BCUT2D eigenvalue weighted by molar-refractivity contribution is 6.04. The van der Waals surface area contributed by atoms with Gasteiger partial charge in [0, 0.05) is 11.9 Å². The summed E-state index contributed by atoms with van der Waals surface area (Å²) < 4.78 is 7.08. The number of carbonyl (C=O) groups is 1. The molecule has 0 bridgehead atoms. The Morgan fingerprint density at radius 1 is 1.00 bits per heavy atom. The Kier molecular flexibility index (Phi) is 5.84. The Labute approximate surface area is 178 Å². The summed E-state index contributed by atoms with van der Waals surface area (Å²) in [6, 6.07) is 23.7. The van der Waals surface area contributed by atoms with E-state index in [9.17, 15) is 9.59 Å². The molecule has 7 heteroatoms. The Morgan fingerprint density at radius 2 is 1.71 bits per heavy atom. The average Bonchev–Trinajstić information content (AvgIpc) is 2.80. The number of aryl methyl sites for hydroxylation is 1. The molecule has 1 heterocycles. The van der Waals surface area contributed by atoms with E-state index in [1.54, 1.807) is 31.2 Å². The van der Waals surface area contributed by atoms with Crippen LogP contribution in [0.15, 0.2) is 88.8 Å². The van der Waals surface area contributed by atoms with Crippen molar-refractivity contribution in [2.24, 2.45) is 5.10 Å². The third-order valence-corrected chi connectivity index (χ3v) is 4.60. The van der Waals surface area contributed by atoms with Crippen molar-refractivity contribution >= 4 is 22.9 Å². The van der Waals surface area contributed by atoms with Gasteiger partial charge in [-0.1, -0.05) is 48.5 Å². The number of nitrogens with one attached hydrogen (secondary N) is 1. The highest BCUT2D eigenvalue weighted by Crippen LogP contribution is 2.21. The molecule has 0 aliphatic rings. The van der Waals surface area contributed by atoms with Crippen molar-refractivity contribution in [3.63, 3.8) is 0 Å². The number of hydrogen-bond acceptors (Lipinski definition) is 5. The summed E-state index contributed by atoms with van der Waals surface area (Å²) in [5.74, 6) is 0.893. The zero-order valence-corrected chi connectivity index (χ0v) is 16.9. The molecule has 0 atom stereocenters. The molecule has 3 aromatic carbocycles. The Morgan fingerprint density at radius 3 is 2.48 bits per heavy atom. The number of nitrogens with zero attached hydrogens (tertiary/aromatic N) is 3. The number of para-hydroxylation sites is 1. The van der Waals surface area contributed by atoms with Gasteiger partial charge in [0.2, 0.25) is 0 Å². The number of carbonyl (C=O) groups excluding carboxylic acids is 1. The van der Waals surface area contributed by atoms with Gasteiger partial charge in [0.1, 0.15) is 11.5 Å². The monoisotopic (exact) mass is 412 g/mol. The molecule has 0 radical (unpaired) electrons. The van der Waals surface area contributed by atoms with Gasteiger partial charge >= 0.3 is 0 Å². The van der Waals surface area contributed by atoms with E-state index in [-0.39, 0.29) is 11.3 Å². The van der Waals surface area contributed by atoms with Crippen LogP contribution in [-0.4, -0.2) is 21.9 Å². The molecule has 0 saturated heterocycles. The first-order valence-corrected chi connectivity index (χ1v) is 9.82. The minimum absolute atomic E-state index is 0.148. The van der Waals surface area contributed by atoms with E-state index < -0.39 is 5.91 Å². The lowest BCUT2D eigenvalue weighted by molar-refractivity contribution is 0.0949. The van der Waals surface area contributed by atoms with Crippen LogP contribution in [0.1, 0.15) is 23.0 Å². The summed E-state index contributed by atoms with van der Waals surface area (Å²) >= 11 is 0. The molecule has 0 unspecified atom stereocenters. The van der Waals surface area contributed by atoms with Gasteiger partial charge in [0.15, 0.2) is 5.69 Å². The van der Waals surface area contributed by atoms with Crippen LogP contribution >= 0.6 is 0 Å². The van der Waals surface area contributed by atoms with Crippen LogP contribution < -0.4 is 15.7 Å². The maximum absolute atomic E-state index is 12.7. The van der Waals surface area contributed by atoms with Crippen molar-refractivity contribution < 1.29 is 9.53 Å². The Balaban J connectivity index is 1.52. The third kappa shape index (κ3) is 4.51. The first-order valence-electron chi connectivity index (χ1n) is 9.82. The summed E-state index contributed by atoms with van der Waals surface area (Å²) in [5, 5.41) is 9.18. The molecule has 4 aromatic rings. The third-order valence-electron chi connectivity index (χ3n) is 4.60. The zero-order valence-electron chi connectivity index (χ0n) is 16.9. The van der Waals surface area contributed by atoms with Crippen LogP contribution in [0.25, 0.3) is 10.8 Å². The van der Waals surface area contributed by atoms with E-state index >= 15 is 0 Å². The predicted molar refractivity (Wildman–Crippen MR) is 120 cm³/mol. The second-order valence-corrected chi connectivity index (χ2v) is 6.70. The summed E-state index contributed by atoms with van der Waals surface area (Å²) in [6.45, 7) is 2.16. The molecule has 1 N–H and O–H groups in total. The normalized spacial score (nSPS) is 11.0. The van der Waals surface area contributed by atoms with Crippen molar-refractivity contribution in [2.45, 2.75) is 13.5 Å². The van der Waals surface area contributed by atoms with Crippen molar-refractivity contribution in [3.8, 4) is 11.5 Å². The fourth-order valence-corrected chi connectivity index (χ4v) is 3.12.